The molecule has 1 atom stereocenters. The molecule has 2 heterocycles. The number of tetrazole rings is 1. The molecule has 0 aromatic carbocycles. The lowest BCUT2D eigenvalue weighted by Gasteiger charge is -2.48. The lowest BCUT2D eigenvalue weighted by Crippen LogP contribution is -2.58. The highest BCUT2D eigenvalue weighted by atomic mass is 16.2. The Bertz CT molecular complexity index is 689. The van der Waals surface area contributed by atoms with Gasteiger partial charge < -0.3 is 4.90 Å². The van der Waals surface area contributed by atoms with Crippen LogP contribution in [0.1, 0.15) is 89.4 Å². The number of nitrogens with zero attached hydrogens (tertiary/aromatic N) is 6. The summed E-state index contributed by atoms with van der Waals surface area (Å²) in [5.41, 5.74) is -0.490. The Kier molecular flexibility index (Phi) is 5.47. The molecule has 1 aliphatic heterocycles. The largest absolute Gasteiger partial charge is 0.340 e. The van der Waals surface area contributed by atoms with Gasteiger partial charge in [-0.1, -0.05) is 39.0 Å². The second-order valence-corrected chi connectivity index (χ2v) is 9.76. The Labute approximate surface area is 168 Å². The van der Waals surface area contributed by atoms with E-state index in [2.05, 4.69) is 51.0 Å². The van der Waals surface area contributed by atoms with Gasteiger partial charge in [-0.2, -0.15) is 0 Å². The zero-order valence-corrected chi connectivity index (χ0v) is 17.9. The lowest BCUT2D eigenvalue weighted by molar-refractivity contribution is -0.147. The van der Waals surface area contributed by atoms with E-state index >= 15 is 0 Å². The van der Waals surface area contributed by atoms with Crippen LogP contribution in [-0.4, -0.2) is 63.1 Å². The number of carbonyl (C=O) groups is 1. The number of rotatable bonds is 4. The van der Waals surface area contributed by atoms with Gasteiger partial charge in [-0.05, 0) is 63.0 Å². The summed E-state index contributed by atoms with van der Waals surface area (Å²) in [5.74, 6) is 1.30. The lowest BCUT2D eigenvalue weighted by atomic mass is 9.74. The molecule has 156 valence electrons. The normalized spacial score (nSPS) is 28.8. The van der Waals surface area contributed by atoms with E-state index in [9.17, 15) is 4.79 Å². The van der Waals surface area contributed by atoms with Crippen molar-refractivity contribution in [1.29, 1.82) is 0 Å². The maximum atomic E-state index is 13.5. The number of likely N-dealkylation sites (tertiary alicyclic amines) is 1. The summed E-state index contributed by atoms with van der Waals surface area (Å²) in [7, 11) is 4.23. The fourth-order valence-electron chi connectivity index (χ4n) is 5.78. The number of hydrogen-bond donors (Lipinski definition) is 0. The van der Waals surface area contributed by atoms with Crippen LogP contribution in [-0.2, 0) is 10.3 Å². The summed E-state index contributed by atoms with van der Waals surface area (Å²) < 4.78 is 2.09. The van der Waals surface area contributed by atoms with Crippen molar-refractivity contribution < 1.29 is 4.79 Å². The topological polar surface area (TPSA) is 67.2 Å². The van der Waals surface area contributed by atoms with Gasteiger partial charge in [0, 0.05) is 18.5 Å². The predicted octanol–water partition coefficient (Wildman–Crippen LogP) is 3.14. The molecule has 4 rings (SSSR count). The van der Waals surface area contributed by atoms with Crippen molar-refractivity contribution in [2.75, 3.05) is 27.2 Å². The Morgan fingerprint density at radius 3 is 2.43 bits per heavy atom. The van der Waals surface area contributed by atoms with Crippen LogP contribution in [0.2, 0.25) is 0 Å². The Balaban J connectivity index is 1.62. The van der Waals surface area contributed by atoms with Crippen LogP contribution in [0, 0.1) is 5.41 Å². The third-order valence-electron chi connectivity index (χ3n) is 7.67. The Morgan fingerprint density at radius 1 is 1.04 bits per heavy atom. The molecular weight excluding hydrogens is 352 g/mol. The van der Waals surface area contributed by atoms with E-state index in [1.54, 1.807) is 0 Å². The van der Waals surface area contributed by atoms with E-state index in [1.807, 2.05) is 0 Å². The molecule has 1 amide bonds. The molecule has 1 saturated heterocycles. The van der Waals surface area contributed by atoms with E-state index in [1.165, 1.54) is 32.1 Å². The van der Waals surface area contributed by atoms with Crippen LogP contribution >= 0.6 is 0 Å². The van der Waals surface area contributed by atoms with Crippen molar-refractivity contribution in [3.63, 3.8) is 0 Å². The molecular formula is C21H36N6O. The number of piperidine rings is 1. The van der Waals surface area contributed by atoms with Gasteiger partial charge in [-0.15, -0.1) is 5.10 Å². The Hall–Kier alpha value is -1.50. The van der Waals surface area contributed by atoms with Crippen molar-refractivity contribution in [1.82, 2.24) is 30.0 Å². The average Bonchev–Trinajstić information content (AvgIpc) is 3.39. The van der Waals surface area contributed by atoms with Crippen molar-refractivity contribution in [2.45, 2.75) is 89.1 Å². The molecule has 1 aromatic rings. The third kappa shape index (κ3) is 3.36. The highest BCUT2D eigenvalue weighted by Crippen LogP contribution is 2.42. The maximum Gasteiger partial charge on any atom is 0.228 e. The minimum Gasteiger partial charge on any atom is -0.340 e. The van der Waals surface area contributed by atoms with Crippen LogP contribution in [0.4, 0.5) is 0 Å². The summed E-state index contributed by atoms with van der Waals surface area (Å²) in [5, 5.41) is 13.0. The number of hydrogen-bond acceptors (Lipinski definition) is 5. The van der Waals surface area contributed by atoms with Crippen LogP contribution in [0.5, 0.6) is 0 Å². The first kappa shape index (κ1) is 19.8. The van der Waals surface area contributed by atoms with E-state index in [0.29, 0.717) is 18.5 Å². The first-order chi connectivity index (χ1) is 13.5. The molecule has 0 spiro atoms. The molecule has 3 fully saturated rings. The molecule has 28 heavy (non-hydrogen) atoms. The highest BCUT2D eigenvalue weighted by Gasteiger charge is 2.48. The number of carbonyl (C=O) groups excluding carboxylic acids is 1. The van der Waals surface area contributed by atoms with E-state index in [-0.39, 0.29) is 11.0 Å². The molecule has 7 nitrogen and oxygen atoms in total. The first-order valence-corrected chi connectivity index (χ1v) is 11.2. The molecule has 2 aliphatic carbocycles. The summed E-state index contributed by atoms with van der Waals surface area (Å²) in [6.07, 6.45) is 12.5. The predicted molar refractivity (Wildman–Crippen MR) is 108 cm³/mol. The van der Waals surface area contributed by atoms with Crippen LogP contribution in [0.25, 0.3) is 0 Å². The van der Waals surface area contributed by atoms with Gasteiger partial charge in [-0.3, -0.25) is 9.69 Å². The van der Waals surface area contributed by atoms with Gasteiger partial charge in [0.1, 0.15) is 5.54 Å². The van der Waals surface area contributed by atoms with Gasteiger partial charge in [0.2, 0.25) is 5.91 Å². The fourth-order valence-corrected chi connectivity index (χ4v) is 5.78. The second kappa shape index (κ2) is 7.73. The molecule has 2 saturated carbocycles. The zero-order valence-electron chi connectivity index (χ0n) is 17.9. The maximum absolute atomic E-state index is 13.5. The van der Waals surface area contributed by atoms with E-state index in [4.69, 9.17) is 0 Å². The molecule has 0 bridgehead atoms. The average molecular weight is 389 g/mol. The number of aromatic nitrogens is 4. The SMILES string of the molecule is CN(C)C1(c2nnnn2C2CCCC2)CCCN(C(=O)C2(C)CCCCC2)C1. The molecule has 3 aliphatic rings. The fraction of sp³-hybridized carbons (Fsp3) is 0.905. The molecule has 0 N–H and O–H groups in total. The Morgan fingerprint density at radius 2 is 1.75 bits per heavy atom. The monoisotopic (exact) mass is 388 g/mol. The summed E-state index contributed by atoms with van der Waals surface area (Å²) in [6, 6.07) is 0.406. The van der Waals surface area contributed by atoms with Gasteiger partial charge in [0.25, 0.3) is 0 Å². The first-order valence-electron chi connectivity index (χ1n) is 11.2. The standard InChI is InChI=1S/C21H36N6O/c1-20(12-7-4-8-13-20)19(28)26-15-9-14-21(16-26,25(2)3)18-22-23-24-27(18)17-10-5-6-11-17/h17H,4-16H2,1-3H3. The molecule has 1 aromatic heterocycles. The minimum absolute atomic E-state index is 0.189. The summed E-state index contributed by atoms with van der Waals surface area (Å²) >= 11 is 0. The summed E-state index contributed by atoms with van der Waals surface area (Å²) in [6.45, 7) is 3.74. The molecule has 7 heteroatoms. The minimum atomic E-state index is -0.301. The second-order valence-electron chi connectivity index (χ2n) is 9.76. The van der Waals surface area contributed by atoms with Crippen molar-refractivity contribution >= 4 is 5.91 Å². The quantitative estimate of drug-likeness (QED) is 0.793. The van der Waals surface area contributed by atoms with Crippen LogP contribution in [0.15, 0.2) is 0 Å². The van der Waals surface area contributed by atoms with Crippen LogP contribution < -0.4 is 0 Å². The number of likely N-dealkylation sites (N-methyl/N-ethyl adjacent to an activating group) is 1. The van der Waals surface area contributed by atoms with Gasteiger partial charge >= 0.3 is 0 Å². The van der Waals surface area contributed by atoms with Crippen molar-refractivity contribution in [3.05, 3.63) is 5.82 Å². The van der Waals surface area contributed by atoms with Crippen molar-refractivity contribution in [2.24, 2.45) is 5.41 Å². The van der Waals surface area contributed by atoms with E-state index in [0.717, 1.165) is 50.9 Å². The third-order valence-corrected chi connectivity index (χ3v) is 7.67. The highest BCUT2D eigenvalue weighted by molar-refractivity contribution is 5.82. The van der Waals surface area contributed by atoms with Gasteiger partial charge in [0.05, 0.1) is 6.04 Å². The van der Waals surface area contributed by atoms with Crippen LogP contribution in [0.3, 0.4) is 0 Å². The summed E-state index contributed by atoms with van der Waals surface area (Å²) in [4.78, 5) is 17.9. The number of amides is 1. The smallest absolute Gasteiger partial charge is 0.228 e. The van der Waals surface area contributed by atoms with Gasteiger partial charge in [0.15, 0.2) is 5.82 Å². The molecule has 1 unspecified atom stereocenters. The van der Waals surface area contributed by atoms with E-state index < -0.39 is 0 Å². The van der Waals surface area contributed by atoms with Gasteiger partial charge in [-0.25, -0.2) is 4.68 Å². The molecule has 0 radical (unpaired) electrons. The zero-order chi connectivity index (χ0) is 19.8. The van der Waals surface area contributed by atoms with Crippen molar-refractivity contribution in [3.8, 4) is 0 Å².